The molecule has 0 saturated heterocycles. The van der Waals surface area contributed by atoms with Crippen LogP contribution in [0.1, 0.15) is 44.0 Å². The summed E-state index contributed by atoms with van der Waals surface area (Å²) < 4.78 is 1.89. The van der Waals surface area contributed by atoms with Gasteiger partial charge in [-0.1, -0.05) is 6.92 Å². The maximum atomic E-state index is 4.40. The van der Waals surface area contributed by atoms with E-state index in [-0.39, 0.29) is 0 Å². The van der Waals surface area contributed by atoms with Crippen LogP contribution < -0.4 is 5.32 Å². The number of aromatic nitrogens is 2. The van der Waals surface area contributed by atoms with Crippen LogP contribution in [0.3, 0.4) is 0 Å². The van der Waals surface area contributed by atoms with Crippen molar-refractivity contribution in [3.05, 3.63) is 17.5 Å². The van der Waals surface area contributed by atoms with Gasteiger partial charge in [-0.25, -0.2) is 0 Å². The first-order valence-corrected chi connectivity index (χ1v) is 7.09. The summed E-state index contributed by atoms with van der Waals surface area (Å²) in [6.45, 7) is 9.94. The van der Waals surface area contributed by atoms with Gasteiger partial charge in [0.15, 0.2) is 0 Å². The third kappa shape index (κ3) is 3.33. The van der Waals surface area contributed by atoms with Gasteiger partial charge in [-0.05, 0) is 33.2 Å². The van der Waals surface area contributed by atoms with Gasteiger partial charge >= 0.3 is 0 Å². The highest BCUT2D eigenvalue weighted by molar-refractivity contribution is 5.19. The fourth-order valence-electron chi connectivity index (χ4n) is 2.62. The molecule has 1 heterocycles. The molecule has 1 aromatic heterocycles. The van der Waals surface area contributed by atoms with Gasteiger partial charge < -0.3 is 5.32 Å². The van der Waals surface area contributed by atoms with Gasteiger partial charge in [-0.3, -0.25) is 9.58 Å². The molecule has 0 amide bonds. The van der Waals surface area contributed by atoms with E-state index >= 15 is 0 Å². The van der Waals surface area contributed by atoms with E-state index in [9.17, 15) is 0 Å². The van der Waals surface area contributed by atoms with Gasteiger partial charge in [0.05, 0.1) is 5.69 Å². The smallest absolute Gasteiger partial charge is 0.0641 e. The van der Waals surface area contributed by atoms with Crippen LogP contribution in [0.2, 0.25) is 0 Å². The Hall–Kier alpha value is -0.870. The Morgan fingerprint density at radius 1 is 1.56 bits per heavy atom. The van der Waals surface area contributed by atoms with Crippen molar-refractivity contribution in [1.29, 1.82) is 0 Å². The van der Waals surface area contributed by atoms with Crippen LogP contribution in [-0.2, 0) is 7.05 Å². The average Bonchev–Trinajstić information content (AvgIpc) is 3.10. The largest absolute Gasteiger partial charge is 0.309 e. The SMILES string of the molecule is CCN(CCNC(C)c1cn(C)nc1C)C1CC1. The Balaban J connectivity index is 1.77. The van der Waals surface area contributed by atoms with E-state index in [0.717, 1.165) is 24.8 Å². The van der Waals surface area contributed by atoms with Crippen LogP contribution in [0.15, 0.2) is 6.20 Å². The van der Waals surface area contributed by atoms with Crippen molar-refractivity contribution in [2.24, 2.45) is 7.05 Å². The van der Waals surface area contributed by atoms with E-state index in [0.29, 0.717) is 6.04 Å². The monoisotopic (exact) mass is 250 g/mol. The second-order valence-corrected chi connectivity index (χ2v) is 5.38. The molecule has 2 rings (SSSR count). The van der Waals surface area contributed by atoms with Crippen molar-refractivity contribution in [3.63, 3.8) is 0 Å². The predicted octanol–water partition coefficient (Wildman–Crippen LogP) is 1.86. The highest BCUT2D eigenvalue weighted by atomic mass is 15.3. The maximum Gasteiger partial charge on any atom is 0.0641 e. The number of likely N-dealkylation sites (N-methyl/N-ethyl adjacent to an activating group) is 1. The highest BCUT2D eigenvalue weighted by Crippen LogP contribution is 2.26. The number of nitrogens with zero attached hydrogens (tertiary/aromatic N) is 3. The number of nitrogens with one attached hydrogen (secondary N) is 1. The summed E-state index contributed by atoms with van der Waals surface area (Å²) >= 11 is 0. The normalized spacial score (nSPS) is 17.4. The summed E-state index contributed by atoms with van der Waals surface area (Å²) in [6.07, 6.45) is 4.90. The molecule has 0 radical (unpaired) electrons. The van der Waals surface area contributed by atoms with Gasteiger partial charge in [0.25, 0.3) is 0 Å². The summed E-state index contributed by atoms with van der Waals surface area (Å²) in [5.41, 5.74) is 2.44. The van der Waals surface area contributed by atoms with Gasteiger partial charge in [0.2, 0.25) is 0 Å². The third-order valence-electron chi connectivity index (χ3n) is 3.84. The summed E-state index contributed by atoms with van der Waals surface area (Å²) in [5, 5.41) is 8.00. The molecule has 18 heavy (non-hydrogen) atoms. The Labute approximate surface area is 110 Å². The summed E-state index contributed by atoms with van der Waals surface area (Å²) in [5.74, 6) is 0. The van der Waals surface area contributed by atoms with Crippen molar-refractivity contribution in [2.45, 2.75) is 45.7 Å². The molecular weight excluding hydrogens is 224 g/mol. The minimum Gasteiger partial charge on any atom is -0.309 e. The van der Waals surface area contributed by atoms with Crippen molar-refractivity contribution < 1.29 is 0 Å². The van der Waals surface area contributed by atoms with Crippen LogP contribution in [0.25, 0.3) is 0 Å². The number of rotatable bonds is 7. The molecule has 0 aromatic carbocycles. The molecule has 1 aliphatic rings. The molecule has 102 valence electrons. The molecule has 1 fully saturated rings. The van der Waals surface area contributed by atoms with E-state index in [1.165, 1.54) is 24.9 Å². The molecule has 1 N–H and O–H groups in total. The third-order valence-corrected chi connectivity index (χ3v) is 3.84. The Kier molecular flexibility index (Phi) is 4.40. The quantitative estimate of drug-likeness (QED) is 0.802. The molecule has 1 aliphatic carbocycles. The lowest BCUT2D eigenvalue weighted by atomic mass is 10.1. The topological polar surface area (TPSA) is 33.1 Å². The highest BCUT2D eigenvalue weighted by Gasteiger charge is 2.27. The summed E-state index contributed by atoms with van der Waals surface area (Å²) in [7, 11) is 1.98. The van der Waals surface area contributed by atoms with E-state index in [2.05, 4.69) is 42.3 Å². The van der Waals surface area contributed by atoms with Gasteiger partial charge in [-0.15, -0.1) is 0 Å². The van der Waals surface area contributed by atoms with Crippen LogP contribution in [0.4, 0.5) is 0 Å². The summed E-state index contributed by atoms with van der Waals surface area (Å²) in [4.78, 5) is 2.58. The van der Waals surface area contributed by atoms with Gasteiger partial charge in [0.1, 0.15) is 0 Å². The van der Waals surface area contributed by atoms with E-state index in [1.807, 2.05) is 11.7 Å². The molecule has 1 saturated carbocycles. The minimum absolute atomic E-state index is 0.386. The van der Waals surface area contributed by atoms with E-state index in [1.54, 1.807) is 0 Å². The molecule has 0 aliphatic heterocycles. The lowest BCUT2D eigenvalue weighted by molar-refractivity contribution is 0.273. The van der Waals surface area contributed by atoms with Crippen molar-refractivity contribution >= 4 is 0 Å². The van der Waals surface area contributed by atoms with Gasteiger partial charge in [-0.2, -0.15) is 5.10 Å². The van der Waals surface area contributed by atoms with Crippen molar-refractivity contribution in [1.82, 2.24) is 20.0 Å². The number of hydrogen-bond donors (Lipinski definition) is 1. The van der Waals surface area contributed by atoms with Crippen molar-refractivity contribution in [3.8, 4) is 0 Å². The fraction of sp³-hybridized carbons (Fsp3) is 0.786. The zero-order valence-electron chi connectivity index (χ0n) is 12.1. The predicted molar refractivity (Wildman–Crippen MR) is 74.6 cm³/mol. The number of hydrogen-bond acceptors (Lipinski definition) is 3. The lowest BCUT2D eigenvalue weighted by Crippen LogP contribution is -2.34. The molecule has 1 unspecified atom stereocenters. The Morgan fingerprint density at radius 3 is 2.78 bits per heavy atom. The maximum absolute atomic E-state index is 4.40. The average molecular weight is 250 g/mol. The van der Waals surface area contributed by atoms with E-state index < -0.39 is 0 Å². The first-order valence-electron chi connectivity index (χ1n) is 7.09. The zero-order valence-corrected chi connectivity index (χ0v) is 12.1. The van der Waals surface area contributed by atoms with Crippen LogP contribution in [0.5, 0.6) is 0 Å². The molecular formula is C14H26N4. The van der Waals surface area contributed by atoms with E-state index in [4.69, 9.17) is 0 Å². The Morgan fingerprint density at radius 2 is 2.28 bits per heavy atom. The fourth-order valence-corrected chi connectivity index (χ4v) is 2.62. The summed E-state index contributed by atoms with van der Waals surface area (Å²) in [6, 6.07) is 1.25. The minimum atomic E-state index is 0.386. The second kappa shape index (κ2) is 5.85. The first-order chi connectivity index (χ1) is 8.61. The molecule has 4 nitrogen and oxygen atoms in total. The Bertz CT molecular complexity index is 381. The second-order valence-electron chi connectivity index (χ2n) is 5.38. The lowest BCUT2D eigenvalue weighted by Gasteiger charge is -2.21. The molecule has 0 spiro atoms. The molecule has 0 bridgehead atoms. The van der Waals surface area contributed by atoms with Crippen LogP contribution in [-0.4, -0.2) is 40.4 Å². The standard InChI is InChI=1S/C14H26N4/c1-5-18(13-6-7-13)9-8-15-11(2)14-10-17(4)16-12(14)3/h10-11,13,15H,5-9H2,1-4H3. The van der Waals surface area contributed by atoms with Crippen molar-refractivity contribution in [2.75, 3.05) is 19.6 Å². The van der Waals surface area contributed by atoms with Crippen LogP contribution >= 0.6 is 0 Å². The zero-order chi connectivity index (χ0) is 13.1. The molecule has 1 atom stereocenters. The molecule has 4 heteroatoms. The number of aryl methyl sites for hydroxylation is 2. The first kappa shape index (κ1) is 13.6. The van der Waals surface area contributed by atoms with Crippen LogP contribution in [0, 0.1) is 6.92 Å². The van der Waals surface area contributed by atoms with Gasteiger partial charge in [0, 0.05) is 44.0 Å². The molecule has 1 aromatic rings.